The van der Waals surface area contributed by atoms with Crippen LogP contribution in [0.4, 0.5) is 0 Å². The molecule has 2 amide bonds. The number of hydrogen-bond acceptors (Lipinski definition) is 4. The summed E-state index contributed by atoms with van der Waals surface area (Å²) in [4.78, 5) is 31.2. The van der Waals surface area contributed by atoms with Gasteiger partial charge in [0, 0.05) is 23.4 Å². The topological polar surface area (TPSA) is 49.9 Å². The molecule has 1 aliphatic carbocycles. The lowest BCUT2D eigenvalue weighted by Gasteiger charge is -2.37. The number of amides is 2. The Morgan fingerprint density at radius 2 is 1.84 bits per heavy atom. The molecule has 0 saturated heterocycles. The molecule has 0 radical (unpaired) electrons. The molecule has 1 saturated carbocycles. The third kappa shape index (κ3) is 5.01. The zero-order chi connectivity index (χ0) is 22.8. The molecule has 1 fully saturated rings. The summed E-state index contributed by atoms with van der Waals surface area (Å²) in [6, 6.07) is 10.4. The van der Waals surface area contributed by atoms with E-state index in [1.807, 2.05) is 30.9 Å². The van der Waals surface area contributed by atoms with E-state index in [9.17, 15) is 9.59 Å². The summed E-state index contributed by atoms with van der Waals surface area (Å²) in [6.45, 7) is 9.41. The van der Waals surface area contributed by atoms with Gasteiger partial charge in [-0.2, -0.15) is 0 Å². The molecular formula is C26H34N2O3S. The standard InChI is InChI=1S/C26H34N2O3S/c1-17(2)19-5-9-21(10-6-19)31-16-23-22-12-14-32-24(22)11-13-27(23)25(29)15-28(20-7-8-20)26(30)18(3)4/h5-6,9-10,12,14,17-18,20,23H,7-8,11,13,15-16H2,1-4H3/t23-/m0/s1. The van der Waals surface area contributed by atoms with Crippen molar-refractivity contribution < 1.29 is 14.3 Å². The Hall–Kier alpha value is -2.34. The normalized spacial score (nSPS) is 18.1. The van der Waals surface area contributed by atoms with E-state index in [-0.39, 0.29) is 36.4 Å². The zero-order valence-corrected chi connectivity index (χ0v) is 20.4. The zero-order valence-electron chi connectivity index (χ0n) is 19.5. The van der Waals surface area contributed by atoms with Crippen LogP contribution in [0.2, 0.25) is 0 Å². The van der Waals surface area contributed by atoms with Gasteiger partial charge >= 0.3 is 0 Å². The first-order chi connectivity index (χ1) is 15.3. The molecule has 0 bridgehead atoms. The van der Waals surface area contributed by atoms with E-state index in [2.05, 4.69) is 37.4 Å². The SMILES string of the molecule is CC(C)C(=O)N(CC(=O)N1CCc2sccc2[C@@H]1COc1ccc(C(C)C)cc1)C1CC1. The van der Waals surface area contributed by atoms with Crippen molar-refractivity contribution in [3.63, 3.8) is 0 Å². The molecule has 2 heterocycles. The summed E-state index contributed by atoms with van der Waals surface area (Å²) in [5.74, 6) is 1.30. The fraction of sp³-hybridized carbons (Fsp3) is 0.538. The average molecular weight is 455 g/mol. The second-order valence-corrected chi connectivity index (χ2v) is 10.5. The first kappa shape index (κ1) is 22.8. The third-order valence-corrected chi connectivity index (χ3v) is 7.44. The fourth-order valence-corrected chi connectivity index (χ4v) is 5.27. The summed E-state index contributed by atoms with van der Waals surface area (Å²) in [5, 5.41) is 2.10. The number of carbonyl (C=O) groups is 2. The number of hydrogen-bond donors (Lipinski definition) is 0. The molecule has 5 nitrogen and oxygen atoms in total. The molecule has 0 spiro atoms. The maximum absolute atomic E-state index is 13.4. The van der Waals surface area contributed by atoms with E-state index in [0.29, 0.717) is 19.1 Å². The van der Waals surface area contributed by atoms with Gasteiger partial charge in [0.1, 0.15) is 18.9 Å². The molecule has 1 aromatic carbocycles. The summed E-state index contributed by atoms with van der Waals surface area (Å²) in [5.41, 5.74) is 2.46. The van der Waals surface area contributed by atoms with E-state index >= 15 is 0 Å². The van der Waals surface area contributed by atoms with Crippen molar-refractivity contribution in [2.75, 3.05) is 19.7 Å². The Bertz CT molecular complexity index is 946. The molecule has 1 aromatic heterocycles. The van der Waals surface area contributed by atoms with Gasteiger partial charge in [0.25, 0.3) is 0 Å². The Morgan fingerprint density at radius 3 is 2.47 bits per heavy atom. The number of nitrogens with zero attached hydrogens (tertiary/aromatic N) is 2. The van der Waals surface area contributed by atoms with Crippen LogP contribution in [0.3, 0.4) is 0 Å². The van der Waals surface area contributed by atoms with Crippen molar-refractivity contribution in [1.82, 2.24) is 9.80 Å². The monoisotopic (exact) mass is 454 g/mol. The number of rotatable bonds is 8. The number of thiophene rings is 1. The van der Waals surface area contributed by atoms with Gasteiger partial charge in [-0.15, -0.1) is 11.3 Å². The van der Waals surface area contributed by atoms with Crippen molar-refractivity contribution >= 4 is 23.2 Å². The molecule has 2 aliphatic rings. The van der Waals surface area contributed by atoms with E-state index in [4.69, 9.17) is 4.74 Å². The predicted molar refractivity (Wildman–Crippen MR) is 128 cm³/mol. The van der Waals surface area contributed by atoms with E-state index in [1.165, 1.54) is 16.0 Å². The second-order valence-electron chi connectivity index (χ2n) is 9.54. The van der Waals surface area contributed by atoms with Gasteiger partial charge in [-0.1, -0.05) is 39.8 Å². The summed E-state index contributed by atoms with van der Waals surface area (Å²) in [7, 11) is 0. The lowest BCUT2D eigenvalue weighted by Crippen LogP contribution is -2.49. The smallest absolute Gasteiger partial charge is 0.242 e. The molecule has 2 aromatic rings. The van der Waals surface area contributed by atoms with Gasteiger partial charge in [0.15, 0.2) is 0 Å². The number of fused-ring (bicyclic) bond motifs is 1. The molecule has 1 atom stereocenters. The van der Waals surface area contributed by atoms with Crippen LogP contribution in [-0.4, -0.2) is 47.4 Å². The Balaban J connectivity index is 1.49. The van der Waals surface area contributed by atoms with Crippen molar-refractivity contribution in [1.29, 1.82) is 0 Å². The van der Waals surface area contributed by atoms with Gasteiger partial charge in [-0.25, -0.2) is 0 Å². The van der Waals surface area contributed by atoms with Crippen LogP contribution in [0.25, 0.3) is 0 Å². The van der Waals surface area contributed by atoms with Gasteiger partial charge in [-0.05, 0) is 59.9 Å². The third-order valence-electron chi connectivity index (χ3n) is 6.44. The molecule has 32 heavy (non-hydrogen) atoms. The first-order valence-corrected chi connectivity index (χ1v) is 12.6. The maximum atomic E-state index is 13.4. The molecule has 172 valence electrons. The first-order valence-electron chi connectivity index (χ1n) is 11.7. The summed E-state index contributed by atoms with van der Waals surface area (Å²) in [6.07, 6.45) is 2.86. The second kappa shape index (κ2) is 9.65. The minimum absolute atomic E-state index is 0.0199. The summed E-state index contributed by atoms with van der Waals surface area (Å²) >= 11 is 1.75. The van der Waals surface area contributed by atoms with Crippen molar-refractivity contribution in [3.05, 3.63) is 51.7 Å². The highest BCUT2D eigenvalue weighted by Crippen LogP contribution is 2.35. The molecule has 6 heteroatoms. The van der Waals surface area contributed by atoms with Crippen LogP contribution in [-0.2, 0) is 16.0 Å². The number of ether oxygens (including phenoxy) is 1. The van der Waals surface area contributed by atoms with Crippen molar-refractivity contribution in [2.45, 2.75) is 65.0 Å². The van der Waals surface area contributed by atoms with Gasteiger partial charge in [0.2, 0.25) is 11.8 Å². The van der Waals surface area contributed by atoms with E-state index in [1.54, 1.807) is 16.2 Å². The quantitative estimate of drug-likeness (QED) is 0.563. The van der Waals surface area contributed by atoms with Crippen LogP contribution in [0.5, 0.6) is 5.75 Å². The van der Waals surface area contributed by atoms with Crippen LogP contribution in [0.1, 0.15) is 68.5 Å². The van der Waals surface area contributed by atoms with Gasteiger partial charge in [-0.3, -0.25) is 9.59 Å². The van der Waals surface area contributed by atoms with Crippen LogP contribution in [0, 0.1) is 5.92 Å². The van der Waals surface area contributed by atoms with Crippen LogP contribution in [0.15, 0.2) is 35.7 Å². The highest BCUT2D eigenvalue weighted by molar-refractivity contribution is 7.10. The van der Waals surface area contributed by atoms with E-state index < -0.39 is 0 Å². The largest absolute Gasteiger partial charge is 0.491 e. The maximum Gasteiger partial charge on any atom is 0.242 e. The Kier molecular flexibility index (Phi) is 6.89. The fourth-order valence-electron chi connectivity index (χ4n) is 4.34. The van der Waals surface area contributed by atoms with Gasteiger partial charge in [0.05, 0.1) is 6.04 Å². The minimum Gasteiger partial charge on any atom is -0.491 e. The number of benzene rings is 1. The lowest BCUT2D eigenvalue weighted by molar-refractivity contribution is -0.144. The van der Waals surface area contributed by atoms with Crippen LogP contribution >= 0.6 is 11.3 Å². The van der Waals surface area contributed by atoms with Crippen molar-refractivity contribution in [2.24, 2.45) is 5.92 Å². The molecule has 0 unspecified atom stereocenters. The average Bonchev–Trinajstić information content (AvgIpc) is 3.51. The lowest BCUT2D eigenvalue weighted by atomic mass is 10.00. The Labute approximate surface area is 195 Å². The highest BCUT2D eigenvalue weighted by Gasteiger charge is 2.38. The molecule has 1 aliphatic heterocycles. The highest BCUT2D eigenvalue weighted by atomic mass is 32.1. The molecule has 4 rings (SSSR count). The summed E-state index contributed by atoms with van der Waals surface area (Å²) < 4.78 is 6.17. The van der Waals surface area contributed by atoms with Gasteiger partial charge < -0.3 is 14.5 Å². The Morgan fingerprint density at radius 1 is 1.12 bits per heavy atom. The predicted octanol–water partition coefficient (Wildman–Crippen LogP) is 5.02. The van der Waals surface area contributed by atoms with Crippen LogP contribution < -0.4 is 4.74 Å². The molecule has 0 N–H and O–H groups in total. The van der Waals surface area contributed by atoms with Crippen molar-refractivity contribution in [3.8, 4) is 5.75 Å². The number of carbonyl (C=O) groups excluding carboxylic acids is 2. The van der Waals surface area contributed by atoms with E-state index in [0.717, 1.165) is 25.0 Å². The minimum atomic E-state index is -0.127. The molecular weight excluding hydrogens is 420 g/mol.